The first-order valence-electron chi connectivity index (χ1n) is 5.30. The van der Waals surface area contributed by atoms with Crippen LogP contribution >= 0.6 is 0 Å². The molecule has 0 fully saturated rings. The van der Waals surface area contributed by atoms with Gasteiger partial charge in [-0.1, -0.05) is 6.07 Å². The summed E-state index contributed by atoms with van der Waals surface area (Å²) in [5.41, 5.74) is 0.503. The molecule has 2 aromatic rings. The smallest absolute Gasteiger partial charge is 0.256 e. The highest BCUT2D eigenvalue weighted by atomic mass is 19.2. The van der Waals surface area contributed by atoms with Crippen molar-refractivity contribution in [2.45, 2.75) is 6.54 Å². The summed E-state index contributed by atoms with van der Waals surface area (Å²) in [6, 6.07) is 5.23. The number of hydrogen-bond donors (Lipinski definition) is 0. The maximum absolute atomic E-state index is 13.5. The van der Waals surface area contributed by atoms with Crippen molar-refractivity contribution in [3.8, 4) is 0 Å². The van der Waals surface area contributed by atoms with Crippen LogP contribution in [0.1, 0.15) is 15.9 Å². The van der Waals surface area contributed by atoms with Gasteiger partial charge >= 0.3 is 0 Å². The fourth-order valence-corrected chi connectivity index (χ4v) is 1.60. The molecule has 0 aliphatic heterocycles. The Hall–Kier alpha value is -2.17. The van der Waals surface area contributed by atoms with Crippen LogP contribution in [0.25, 0.3) is 0 Å². The lowest BCUT2D eigenvalue weighted by atomic mass is 10.1. The van der Waals surface area contributed by atoms with E-state index in [0.29, 0.717) is 0 Å². The van der Waals surface area contributed by atoms with E-state index in [9.17, 15) is 13.6 Å². The van der Waals surface area contributed by atoms with Crippen LogP contribution in [0.3, 0.4) is 0 Å². The quantitative estimate of drug-likeness (QED) is 0.840. The fourth-order valence-electron chi connectivity index (χ4n) is 1.60. The van der Waals surface area contributed by atoms with E-state index in [2.05, 4.69) is 0 Å². The second-order valence-electron chi connectivity index (χ2n) is 3.89. The van der Waals surface area contributed by atoms with Gasteiger partial charge in [-0.05, 0) is 18.2 Å². The van der Waals surface area contributed by atoms with Crippen LogP contribution < -0.4 is 0 Å². The van der Waals surface area contributed by atoms with E-state index >= 15 is 0 Å². The van der Waals surface area contributed by atoms with Gasteiger partial charge in [0.2, 0.25) is 0 Å². The zero-order chi connectivity index (χ0) is 13.1. The van der Waals surface area contributed by atoms with E-state index in [1.165, 1.54) is 36.6 Å². The Kier molecular flexibility index (Phi) is 3.41. The molecule has 5 heteroatoms. The van der Waals surface area contributed by atoms with Gasteiger partial charge in [-0.15, -0.1) is 0 Å². The average Bonchev–Trinajstić information content (AvgIpc) is 2.84. The van der Waals surface area contributed by atoms with Crippen molar-refractivity contribution in [2.24, 2.45) is 0 Å². The molecule has 1 amide bonds. The van der Waals surface area contributed by atoms with Crippen molar-refractivity contribution in [2.75, 3.05) is 7.05 Å². The molecule has 94 valence electrons. The Bertz CT molecular complexity index is 552. The van der Waals surface area contributed by atoms with E-state index in [1.54, 1.807) is 6.07 Å². The van der Waals surface area contributed by atoms with Crippen LogP contribution in [0.5, 0.6) is 0 Å². The summed E-state index contributed by atoms with van der Waals surface area (Å²) in [4.78, 5) is 13.2. The summed E-state index contributed by atoms with van der Waals surface area (Å²) >= 11 is 0. The lowest BCUT2D eigenvalue weighted by Crippen LogP contribution is -2.27. The van der Waals surface area contributed by atoms with E-state index in [-0.39, 0.29) is 12.1 Å². The number of furan rings is 1. The molecule has 0 saturated carbocycles. The third-order valence-corrected chi connectivity index (χ3v) is 2.53. The van der Waals surface area contributed by atoms with Gasteiger partial charge in [0.05, 0.1) is 18.1 Å². The number of amides is 1. The lowest BCUT2D eigenvalue weighted by Gasteiger charge is -2.16. The largest absolute Gasteiger partial charge is 0.472 e. The van der Waals surface area contributed by atoms with Gasteiger partial charge in [0.1, 0.15) is 0 Å². The Labute approximate surface area is 103 Å². The van der Waals surface area contributed by atoms with E-state index in [0.717, 1.165) is 11.6 Å². The molecule has 0 aliphatic rings. The molecule has 0 unspecified atom stereocenters. The zero-order valence-corrected chi connectivity index (χ0v) is 9.69. The molecular formula is C13H11F2NO2. The highest BCUT2D eigenvalue weighted by molar-refractivity contribution is 5.94. The van der Waals surface area contributed by atoms with Crippen LogP contribution in [0, 0.1) is 11.6 Å². The van der Waals surface area contributed by atoms with Gasteiger partial charge in [-0.3, -0.25) is 4.79 Å². The van der Waals surface area contributed by atoms with E-state index < -0.39 is 17.5 Å². The Balaban J connectivity index is 2.18. The minimum atomic E-state index is -1.12. The minimum Gasteiger partial charge on any atom is -0.472 e. The maximum Gasteiger partial charge on any atom is 0.256 e. The molecule has 1 aromatic carbocycles. The third kappa shape index (κ3) is 2.40. The van der Waals surface area contributed by atoms with Crippen molar-refractivity contribution >= 4 is 5.91 Å². The molecule has 0 aliphatic carbocycles. The van der Waals surface area contributed by atoms with Gasteiger partial charge in [0.15, 0.2) is 11.6 Å². The van der Waals surface area contributed by atoms with E-state index in [4.69, 9.17) is 4.42 Å². The summed E-state index contributed by atoms with van der Waals surface area (Å²) in [6.45, 7) is 0.269. The number of carbonyl (C=O) groups excluding carboxylic acids is 1. The van der Waals surface area contributed by atoms with Crippen molar-refractivity contribution in [3.05, 3.63) is 59.6 Å². The topological polar surface area (TPSA) is 33.5 Å². The number of halogens is 2. The second kappa shape index (κ2) is 5.00. The van der Waals surface area contributed by atoms with Gasteiger partial charge in [-0.25, -0.2) is 8.78 Å². The molecule has 3 nitrogen and oxygen atoms in total. The summed E-state index contributed by atoms with van der Waals surface area (Å²) < 4.78 is 31.3. The monoisotopic (exact) mass is 251 g/mol. The molecule has 0 saturated heterocycles. The number of rotatable bonds is 3. The first-order valence-corrected chi connectivity index (χ1v) is 5.30. The van der Waals surface area contributed by atoms with Crippen LogP contribution in [0.2, 0.25) is 0 Å². The maximum atomic E-state index is 13.5. The van der Waals surface area contributed by atoms with Crippen LogP contribution in [-0.4, -0.2) is 17.9 Å². The van der Waals surface area contributed by atoms with Gasteiger partial charge in [0, 0.05) is 19.2 Å². The SMILES string of the molecule is CN(Cc1ccoc1)C(=O)c1cccc(F)c1F. The van der Waals surface area contributed by atoms with Crippen LogP contribution in [0.4, 0.5) is 8.78 Å². The van der Waals surface area contributed by atoms with Gasteiger partial charge in [0.25, 0.3) is 5.91 Å². The Morgan fingerprint density at radius 1 is 1.33 bits per heavy atom. The predicted octanol–water partition coefficient (Wildman–Crippen LogP) is 2.83. The highest BCUT2D eigenvalue weighted by Gasteiger charge is 2.18. The summed E-state index contributed by atoms with van der Waals surface area (Å²) in [5.74, 6) is -2.73. The molecule has 0 radical (unpaired) electrons. The van der Waals surface area contributed by atoms with Crippen molar-refractivity contribution in [1.29, 1.82) is 0 Å². The number of hydrogen-bond acceptors (Lipinski definition) is 2. The first-order chi connectivity index (χ1) is 8.59. The van der Waals surface area contributed by atoms with Crippen LogP contribution in [-0.2, 0) is 6.54 Å². The number of carbonyl (C=O) groups is 1. The molecule has 0 N–H and O–H groups in total. The summed E-state index contributed by atoms with van der Waals surface area (Å²) in [5, 5.41) is 0. The molecule has 1 heterocycles. The fraction of sp³-hybridized carbons (Fsp3) is 0.154. The second-order valence-corrected chi connectivity index (χ2v) is 3.89. The van der Waals surface area contributed by atoms with Gasteiger partial charge in [-0.2, -0.15) is 0 Å². The molecular weight excluding hydrogens is 240 g/mol. The lowest BCUT2D eigenvalue weighted by molar-refractivity contribution is 0.0779. The number of benzene rings is 1. The van der Waals surface area contributed by atoms with Crippen molar-refractivity contribution in [1.82, 2.24) is 4.90 Å². The van der Waals surface area contributed by atoms with E-state index in [1.807, 2.05) is 0 Å². The minimum absolute atomic E-state index is 0.269. The zero-order valence-electron chi connectivity index (χ0n) is 9.69. The molecule has 1 aromatic heterocycles. The predicted molar refractivity (Wildman–Crippen MR) is 60.9 cm³/mol. The normalized spacial score (nSPS) is 10.4. The Morgan fingerprint density at radius 2 is 2.11 bits per heavy atom. The average molecular weight is 251 g/mol. The van der Waals surface area contributed by atoms with Crippen LogP contribution in [0.15, 0.2) is 41.2 Å². The molecule has 0 atom stereocenters. The van der Waals surface area contributed by atoms with Gasteiger partial charge < -0.3 is 9.32 Å². The number of nitrogens with zero attached hydrogens (tertiary/aromatic N) is 1. The van der Waals surface area contributed by atoms with Crippen molar-refractivity contribution in [3.63, 3.8) is 0 Å². The van der Waals surface area contributed by atoms with Crippen molar-refractivity contribution < 1.29 is 18.0 Å². The standard InChI is InChI=1S/C13H11F2NO2/c1-16(7-9-5-6-18-8-9)13(17)10-3-2-4-11(14)12(10)15/h2-6,8H,7H2,1H3. The summed E-state index contributed by atoms with van der Waals surface area (Å²) in [6.07, 6.45) is 2.97. The molecule has 0 spiro atoms. The third-order valence-electron chi connectivity index (χ3n) is 2.53. The molecule has 18 heavy (non-hydrogen) atoms. The summed E-state index contributed by atoms with van der Waals surface area (Å²) in [7, 11) is 1.51. The molecule has 0 bridgehead atoms. The molecule has 2 rings (SSSR count). The Morgan fingerprint density at radius 3 is 2.78 bits per heavy atom. The highest BCUT2D eigenvalue weighted by Crippen LogP contribution is 2.14. The first kappa shape index (κ1) is 12.3.